The number of likely N-dealkylation sites (N-methyl/N-ethyl adjacent to an activating group) is 1. The van der Waals surface area contributed by atoms with Crippen molar-refractivity contribution < 1.29 is 9.72 Å². The molecule has 0 radical (unpaired) electrons. The van der Waals surface area contributed by atoms with E-state index < -0.39 is 0 Å². The molecule has 152 valence electrons. The van der Waals surface area contributed by atoms with Crippen LogP contribution in [0.4, 0.5) is 5.69 Å². The van der Waals surface area contributed by atoms with E-state index >= 15 is 0 Å². The Labute approximate surface area is 177 Å². The lowest BCUT2D eigenvalue weighted by atomic mass is 10.1. The van der Waals surface area contributed by atoms with E-state index in [1.54, 1.807) is 30.2 Å². The summed E-state index contributed by atoms with van der Waals surface area (Å²) < 4.78 is 0. The van der Waals surface area contributed by atoms with Crippen molar-refractivity contribution in [1.29, 1.82) is 0 Å². The van der Waals surface area contributed by atoms with Crippen molar-refractivity contribution in [3.63, 3.8) is 0 Å². The highest BCUT2D eigenvalue weighted by atomic mass is 32.2. The predicted octanol–water partition coefficient (Wildman–Crippen LogP) is 5.27. The fourth-order valence-corrected chi connectivity index (χ4v) is 3.57. The standard InChI is InChI=1S/C21H24N2O3S.C2H2/c1-4-22(3)21(24)11-6-5-9-17-12-13-19(23(25)26)20(15-17)27-18-10-7-8-16(2)14-18;1-2/h6-8,10-15H,4-5,9H2,1-3H3;1-2H/b11-6-;. The van der Waals surface area contributed by atoms with Crippen LogP contribution in [0.2, 0.25) is 0 Å². The molecule has 5 nitrogen and oxygen atoms in total. The van der Waals surface area contributed by atoms with E-state index in [-0.39, 0.29) is 16.5 Å². The first-order valence-corrected chi connectivity index (χ1v) is 9.99. The van der Waals surface area contributed by atoms with Crippen LogP contribution in [0.3, 0.4) is 0 Å². The van der Waals surface area contributed by atoms with E-state index in [2.05, 4.69) is 12.8 Å². The molecule has 0 heterocycles. The van der Waals surface area contributed by atoms with Crippen LogP contribution in [-0.2, 0) is 11.2 Å². The summed E-state index contributed by atoms with van der Waals surface area (Å²) in [6.45, 7) is 4.60. The molecule has 0 aromatic heterocycles. The van der Waals surface area contributed by atoms with Gasteiger partial charge in [-0.1, -0.05) is 41.6 Å². The van der Waals surface area contributed by atoms with Crippen LogP contribution < -0.4 is 0 Å². The Bertz CT molecular complexity index is 891. The van der Waals surface area contributed by atoms with Gasteiger partial charge in [-0.2, -0.15) is 0 Å². The molecular weight excluding hydrogens is 384 g/mol. The Hall–Kier alpha value is -3.04. The normalized spacial score (nSPS) is 10.2. The third-order valence-corrected chi connectivity index (χ3v) is 5.19. The van der Waals surface area contributed by atoms with Crippen LogP contribution in [0.5, 0.6) is 0 Å². The number of carbonyl (C=O) groups excluding carboxylic acids is 1. The highest BCUT2D eigenvalue weighted by Gasteiger charge is 2.15. The Morgan fingerprint density at radius 3 is 2.59 bits per heavy atom. The molecule has 2 rings (SSSR count). The van der Waals surface area contributed by atoms with Crippen molar-refractivity contribution in [2.24, 2.45) is 0 Å². The maximum atomic E-state index is 11.8. The first-order valence-electron chi connectivity index (χ1n) is 9.17. The molecule has 0 unspecified atom stereocenters. The number of allylic oxidation sites excluding steroid dienone is 1. The highest BCUT2D eigenvalue weighted by molar-refractivity contribution is 7.99. The molecule has 0 fully saturated rings. The summed E-state index contributed by atoms with van der Waals surface area (Å²) in [5, 5.41) is 11.4. The van der Waals surface area contributed by atoms with Gasteiger partial charge in [0.05, 0.1) is 9.82 Å². The van der Waals surface area contributed by atoms with Crippen molar-refractivity contribution >= 4 is 23.4 Å². The van der Waals surface area contributed by atoms with Gasteiger partial charge in [-0.25, -0.2) is 0 Å². The number of rotatable bonds is 8. The Balaban J connectivity index is 0.00000204. The van der Waals surface area contributed by atoms with Crippen molar-refractivity contribution in [2.75, 3.05) is 13.6 Å². The molecule has 0 N–H and O–H groups in total. The monoisotopic (exact) mass is 410 g/mol. The quantitative estimate of drug-likeness (QED) is 0.257. The van der Waals surface area contributed by atoms with Gasteiger partial charge in [0.1, 0.15) is 0 Å². The average molecular weight is 411 g/mol. The molecular formula is C23H26N2O3S. The Kier molecular flexibility index (Phi) is 10.3. The zero-order valence-corrected chi connectivity index (χ0v) is 17.8. The lowest BCUT2D eigenvalue weighted by Crippen LogP contribution is -2.23. The second kappa shape index (κ2) is 12.4. The van der Waals surface area contributed by atoms with Crippen molar-refractivity contribution in [3.05, 3.63) is 75.9 Å². The van der Waals surface area contributed by atoms with Gasteiger partial charge in [0, 0.05) is 24.6 Å². The van der Waals surface area contributed by atoms with Gasteiger partial charge in [-0.15, -0.1) is 12.8 Å². The third kappa shape index (κ3) is 7.84. The number of terminal acetylenes is 1. The van der Waals surface area contributed by atoms with Crippen LogP contribution in [-0.4, -0.2) is 29.3 Å². The van der Waals surface area contributed by atoms with E-state index in [9.17, 15) is 14.9 Å². The third-order valence-electron chi connectivity index (χ3n) is 4.15. The van der Waals surface area contributed by atoms with Crippen LogP contribution in [0.1, 0.15) is 24.5 Å². The minimum atomic E-state index is -0.346. The number of nitro benzene ring substituents is 1. The highest BCUT2D eigenvalue weighted by Crippen LogP contribution is 2.36. The van der Waals surface area contributed by atoms with Gasteiger partial charge >= 0.3 is 0 Å². The fraction of sp³-hybridized carbons (Fsp3) is 0.261. The second-order valence-corrected chi connectivity index (χ2v) is 7.39. The van der Waals surface area contributed by atoms with Gasteiger partial charge in [0.15, 0.2) is 0 Å². The summed E-state index contributed by atoms with van der Waals surface area (Å²) >= 11 is 1.40. The van der Waals surface area contributed by atoms with E-state index in [4.69, 9.17) is 0 Å². The number of amides is 1. The number of benzene rings is 2. The smallest absolute Gasteiger partial charge is 0.283 e. The maximum Gasteiger partial charge on any atom is 0.283 e. The lowest BCUT2D eigenvalue weighted by molar-refractivity contribution is -0.387. The minimum absolute atomic E-state index is 0.0168. The summed E-state index contributed by atoms with van der Waals surface area (Å²) in [6.07, 6.45) is 12.9. The number of nitrogens with zero attached hydrogens (tertiary/aromatic N) is 2. The van der Waals surface area contributed by atoms with E-state index in [0.717, 1.165) is 22.4 Å². The molecule has 2 aromatic carbocycles. The molecule has 0 aliphatic heterocycles. The zero-order chi connectivity index (χ0) is 21.8. The van der Waals surface area contributed by atoms with Gasteiger partial charge < -0.3 is 4.90 Å². The first-order chi connectivity index (χ1) is 13.9. The maximum absolute atomic E-state index is 11.8. The van der Waals surface area contributed by atoms with E-state index in [1.807, 2.05) is 50.3 Å². The SMILES string of the molecule is C#C.CCN(C)C(=O)/C=C\CCc1ccc([N+](=O)[O-])c(Sc2cccc(C)c2)c1. The van der Waals surface area contributed by atoms with Crippen LogP contribution in [0, 0.1) is 29.9 Å². The van der Waals surface area contributed by atoms with Gasteiger partial charge in [0.2, 0.25) is 5.91 Å². The molecule has 0 aliphatic carbocycles. The first kappa shape index (κ1) is 24.0. The van der Waals surface area contributed by atoms with Gasteiger partial charge in [0.25, 0.3) is 5.69 Å². The van der Waals surface area contributed by atoms with Crippen LogP contribution in [0.25, 0.3) is 0 Å². The Morgan fingerprint density at radius 2 is 1.97 bits per heavy atom. The van der Waals surface area contributed by atoms with E-state index in [0.29, 0.717) is 17.9 Å². The Morgan fingerprint density at radius 1 is 1.24 bits per heavy atom. The molecule has 0 spiro atoms. The molecule has 0 bridgehead atoms. The number of carbonyl (C=O) groups is 1. The van der Waals surface area contributed by atoms with E-state index in [1.165, 1.54) is 11.8 Å². The molecule has 0 atom stereocenters. The topological polar surface area (TPSA) is 63.5 Å². The predicted molar refractivity (Wildman–Crippen MR) is 119 cm³/mol. The second-order valence-electron chi connectivity index (χ2n) is 6.27. The molecule has 29 heavy (non-hydrogen) atoms. The van der Waals surface area contributed by atoms with Crippen molar-refractivity contribution in [2.45, 2.75) is 36.5 Å². The molecule has 1 amide bonds. The summed E-state index contributed by atoms with van der Waals surface area (Å²) in [7, 11) is 1.76. The van der Waals surface area contributed by atoms with Gasteiger partial charge in [-0.3, -0.25) is 14.9 Å². The summed E-state index contributed by atoms with van der Waals surface area (Å²) in [5.41, 5.74) is 2.24. The fourth-order valence-electron chi connectivity index (χ4n) is 2.47. The molecule has 0 aliphatic rings. The lowest BCUT2D eigenvalue weighted by Gasteiger charge is -2.10. The number of aryl methyl sites for hydroxylation is 2. The summed E-state index contributed by atoms with van der Waals surface area (Å²) in [5.74, 6) is -0.0168. The minimum Gasteiger partial charge on any atom is -0.343 e. The number of nitro groups is 1. The summed E-state index contributed by atoms with van der Waals surface area (Å²) in [4.78, 5) is 26.0. The molecule has 0 saturated heterocycles. The molecule has 6 heteroatoms. The van der Waals surface area contributed by atoms with Crippen LogP contribution in [0.15, 0.2) is 64.4 Å². The average Bonchev–Trinajstić information content (AvgIpc) is 2.72. The summed E-state index contributed by atoms with van der Waals surface area (Å²) in [6, 6.07) is 13.1. The zero-order valence-electron chi connectivity index (χ0n) is 17.0. The van der Waals surface area contributed by atoms with Crippen molar-refractivity contribution in [1.82, 2.24) is 4.90 Å². The number of hydrogen-bond donors (Lipinski definition) is 0. The van der Waals surface area contributed by atoms with Gasteiger partial charge in [-0.05, 0) is 56.5 Å². The molecule has 2 aromatic rings. The number of hydrogen-bond acceptors (Lipinski definition) is 4. The van der Waals surface area contributed by atoms with Crippen LogP contribution >= 0.6 is 11.8 Å². The molecule has 0 saturated carbocycles. The van der Waals surface area contributed by atoms with Crippen molar-refractivity contribution in [3.8, 4) is 12.8 Å². The largest absolute Gasteiger partial charge is 0.343 e.